The number of hydrogen-bond acceptors (Lipinski definition) is 3. The number of piperazine rings is 1. The van der Waals surface area contributed by atoms with E-state index in [1.807, 2.05) is 29.2 Å². The summed E-state index contributed by atoms with van der Waals surface area (Å²) in [5.74, 6) is 0.118. The first-order chi connectivity index (χ1) is 15.2. The molecule has 0 atom stereocenters. The van der Waals surface area contributed by atoms with Crippen molar-refractivity contribution in [1.29, 1.82) is 0 Å². The number of thiophene rings is 1. The van der Waals surface area contributed by atoms with Crippen molar-refractivity contribution < 1.29 is 4.79 Å². The quantitative estimate of drug-likeness (QED) is 0.378. The van der Waals surface area contributed by atoms with E-state index in [1.165, 1.54) is 22.5 Å². The molecule has 0 N–H and O–H groups in total. The summed E-state index contributed by atoms with van der Waals surface area (Å²) in [7, 11) is 0. The van der Waals surface area contributed by atoms with Gasteiger partial charge in [0.1, 0.15) is 0 Å². The molecule has 2 heterocycles. The molecule has 156 valence electrons. The number of benzene rings is 3. The molecular formula is C26H23ClN2OS. The van der Waals surface area contributed by atoms with Crippen LogP contribution in [0.1, 0.15) is 26.8 Å². The molecule has 5 heteroatoms. The number of amides is 1. The second kappa shape index (κ2) is 8.83. The first-order valence-corrected chi connectivity index (χ1v) is 11.7. The van der Waals surface area contributed by atoms with Crippen LogP contribution in [0.25, 0.3) is 10.1 Å². The molecule has 1 saturated heterocycles. The number of rotatable bonds is 4. The molecule has 3 nitrogen and oxygen atoms in total. The highest BCUT2D eigenvalue weighted by atomic mass is 35.5. The molecule has 31 heavy (non-hydrogen) atoms. The van der Waals surface area contributed by atoms with E-state index in [2.05, 4.69) is 65.6 Å². The molecule has 1 amide bonds. The fourth-order valence-corrected chi connectivity index (χ4v) is 5.64. The Morgan fingerprint density at radius 2 is 1.42 bits per heavy atom. The molecule has 4 aromatic rings. The van der Waals surface area contributed by atoms with E-state index < -0.39 is 0 Å². The van der Waals surface area contributed by atoms with Gasteiger partial charge in [-0.25, -0.2) is 0 Å². The van der Waals surface area contributed by atoms with E-state index in [4.69, 9.17) is 11.6 Å². The predicted molar refractivity (Wildman–Crippen MR) is 129 cm³/mol. The van der Waals surface area contributed by atoms with E-state index in [0.29, 0.717) is 5.02 Å². The SMILES string of the molecule is O=C(c1cc2ccc(Cl)cc2s1)N1CCN(C(c2ccccc2)c2ccccc2)CC1. The molecule has 0 spiro atoms. The van der Waals surface area contributed by atoms with Gasteiger partial charge in [0.05, 0.1) is 10.9 Å². The topological polar surface area (TPSA) is 23.6 Å². The van der Waals surface area contributed by atoms with Crippen molar-refractivity contribution in [3.63, 3.8) is 0 Å². The summed E-state index contributed by atoms with van der Waals surface area (Å²) in [4.78, 5) is 18.4. The molecule has 0 aliphatic carbocycles. The first kappa shape index (κ1) is 20.3. The second-order valence-corrected chi connectivity index (χ2v) is 9.37. The van der Waals surface area contributed by atoms with Gasteiger partial charge >= 0.3 is 0 Å². The number of hydrogen-bond donors (Lipinski definition) is 0. The first-order valence-electron chi connectivity index (χ1n) is 10.5. The minimum absolute atomic E-state index is 0.118. The van der Waals surface area contributed by atoms with Crippen molar-refractivity contribution in [2.24, 2.45) is 0 Å². The zero-order chi connectivity index (χ0) is 21.2. The maximum atomic E-state index is 13.2. The molecule has 1 aliphatic rings. The van der Waals surface area contributed by atoms with Gasteiger partial charge in [0.25, 0.3) is 5.91 Å². The number of carbonyl (C=O) groups is 1. The smallest absolute Gasteiger partial charge is 0.264 e. The summed E-state index contributed by atoms with van der Waals surface area (Å²) >= 11 is 7.63. The van der Waals surface area contributed by atoms with Gasteiger partial charge in [-0.1, -0.05) is 78.3 Å². The molecule has 1 aliphatic heterocycles. The molecule has 5 rings (SSSR count). The van der Waals surface area contributed by atoms with Crippen molar-refractivity contribution in [3.05, 3.63) is 106 Å². The maximum absolute atomic E-state index is 13.2. The fraction of sp³-hybridized carbons (Fsp3) is 0.192. The summed E-state index contributed by atoms with van der Waals surface area (Å²) in [6, 6.07) is 29.2. The molecule has 0 radical (unpaired) electrons. The van der Waals surface area contributed by atoms with Gasteiger partial charge in [-0.15, -0.1) is 11.3 Å². The van der Waals surface area contributed by atoms with Crippen LogP contribution < -0.4 is 0 Å². The third-order valence-electron chi connectivity index (χ3n) is 5.89. The zero-order valence-corrected chi connectivity index (χ0v) is 18.6. The van der Waals surface area contributed by atoms with Crippen LogP contribution in [-0.2, 0) is 0 Å². The van der Waals surface area contributed by atoms with Crippen LogP contribution in [-0.4, -0.2) is 41.9 Å². The predicted octanol–water partition coefficient (Wildman–Crippen LogP) is 6.10. The lowest BCUT2D eigenvalue weighted by Crippen LogP contribution is -2.49. The van der Waals surface area contributed by atoms with Crippen LogP contribution in [0.3, 0.4) is 0 Å². The van der Waals surface area contributed by atoms with E-state index >= 15 is 0 Å². The van der Waals surface area contributed by atoms with Gasteiger partial charge in [-0.3, -0.25) is 9.69 Å². The monoisotopic (exact) mass is 446 g/mol. The molecule has 1 fully saturated rings. The Kier molecular flexibility index (Phi) is 5.77. The largest absolute Gasteiger partial charge is 0.335 e. The number of carbonyl (C=O) groups excluding carboxylic acids is 1. The molecule has 0 unspecified atom stereocenters. The Morgan fingerprint density at radius 3 is 2.03 bits per heavy atom. The van der Waals surface area contributed by atoms with Crippen LogP contribution in [0.15, 0.2) is 84.9 Å². The van der Waals surface area contributed by atoms with Gasteiger partial charge in [0, 0.05) is 35.9 Å². The number of fused-ring (bicyclic) bond motifs is 1. The molecule has 1 aromatic heterocycles. The number of halogens is 1. The van der Waals surface area contributed by atoms with Gasteiger partial charge in [-0.05, 0) is 34.7 Å². The van der Waals surface area contributed by atoms with Gasteiger partial charge in [0.15, 0.2) is 0 Å². The summed E-state index contributed by atoms with van der Waals surface area (Å²) in [5.41, 5.74) is 2.57. The lowest BCUT2D eigenvalue weighted by atomic mass is 9.96. The second-order valence-electron chi connectivity index (χ2n) is 7.84. The average molecular weight is 447 g/mol. The van der Waals surface area contributed by atoms with Crippen molar-refractivity contribution in [2.45, 2.75) is 6.04 Å². The van der Waals surface area contributed by atoms with Crippen LogP contribution in [0, 0.1) is 0 Å². The Hall–Kier alpha value is -2.66. The third kappa shape index (κ3) is 4.24. The van der Waals surface area contributed by atoms with E-state index in [0.717, 1.165) is 41.1 Å². The minimum Gasteiger partial charge on any atom is -0.335 e. The van der Waals surface area contributed by atoms with E-state index in [1.54, 1.807) is 0 Å². The average Bonchev–Trinajstić information content (AvgIpc) is 3.24. The van der Waals surface area contributed by atoms with Crippen molar-refractivity contribution in [2.75, 3.05) is 26.2 Å². The highest BCUT2D eigenvalue weighted by molar-refractivity contribution is 7.20. The van der Waals surface area contributed by atoms with E-state index in [9.17, 15) is 4.79 Å². The van der Waals surface area contributed by atoms with Crippen molar-refractivity contribution in [1.82, 2.24) is 9.80 Å². The van der Waals surface area contributed by atoms with E-state index in [-0.39, 0.29) is 11.9 Å². The summed E-state index contributed by atoms with van der Waals surface area (Å²) in [6.07, 6.45) is 0. The van der Waals surface area contributed by atoms with Gasteiger partial charge in [0.2, 0.25) is 0 Å². The Morgan fingerprint density at radius 1 is 0.806 bits per heavy atom. The molecule has 3 aromatic carbocycles. The normalized spacial score (nSPS) is 15.0. The third-order valence-corrected chi connectivity index (χ3v) is 7.21. The van der Waals surface area contributed by atoms with Crippen molar-refractivity contribution >= 4 is 38.9 Å². The highest BCUT2D eigenvalue weighted by Gasteiger charge is 2.29. The van der Waals surface area contributed by atoms with Crippen LogP contribution in [0.2, 0.25) is 5.02 Å². The van der Waals surface area contributed by atoms with Crippen LogP contribution >= 0.6 is 22.9 Å². The van der Waals surface area contributed by atoms with Crippen LogP contribution in [0.5, 0.6) is 0 Å². The van der Waals surface area contributed by atoms with Gasteiger partial charge in [-0.2, -0.15) is 0 Å². The summed E-state index contributed by atoms with van der Waals surface area (Å²) in [5, 5.41) is 1.78. The van der Waals surface area contributed by atoms with Crippen molar-refractivity contribution in [3.8, 4) is 0 Å². The Bertz CT molecular complexity index is 1140. The molecule has 0 saturated carbocycles. The fourth-order valence-electron chi connectivity index (χ4n) is 4.33. The Labute approximate surface area is 191 Å². The molecular weight excluding hydrogens is 424 g/mol. The summed E-state index contributed by atoms with van der Waals surface area (Å²) < 4.78 is 1.06. The van der Waals surface area contributed by atoms with Gasteiger partial charge < -0.3 is 4.90 Å². The highest BCUT2D eigenvalue weighted by Crippen LogP contribution is 2.31. The standard InChI is InChI=1S/C26H23ClN2OS/c27-22-12-11-21-17-24(31-23(21)18-22)26(30)29-15-13-28(14-16-29)25(19-7-3-1-4-8-19)20-9-5-2-6-10-20/h1-12,17-18,25H,13-16H2. The minimum atomic E-state index is 0.118. The lowest BCUT2D eigenvalue weighted by Gasteiger charge is -2.39. The Balaban J connectivity index is 1.34. The van der Waals surface area contributed by atoms with Crippen LogP contribution in [0.4, 0.5) is 0 Å². The number of nitrogens with zero attached hydrogens (tertiary/aromatic N) is 2. The molecule has 0 bridgehead atoms. The zero-order valence-electron chi connectivity index (χ0n) is 17.1. The lowest BCUT2D eigenvalue weighted by molar-refractivity contribution is 0.0602. The summed E-state index contributed by atoms with van der Waals surface area (Å²) in [6.45, 7) is 3.14. The maximum Gasteiger partial charge on any atom is 0.264 e.